The minimum atomic E-state index is -0.928. The van der Waals surface area contributed by atoms with Crippen molar-refractivity contribution in [3.05, 3.63) is 23.8 Å². The van der Waals surface area contributed by atoms with Gasteiger partial charge in [0.1, 0.15) is 11.5 Å². The Kier molecular flexibility index (Phi) is 5.18. The molecule has 0 saturated carbocycles. The van der Waals surface area contributed by atoms with Gasteiger partial charge in [-0.1, -0.05) is 19.9 Å². The third kappa shape index (κ3) is 4.13. The Morgan fingerprint density at radius 2 is 1.74 bits per heavy atom. The highest BCUT2D eigenvalue weighted by atomic mass is 16.4. The number of hydrogen-bond donors (Lipinski definition) is 3. The second kappa shape index (κ2) is 6.43. The third-order valence-corrected chi connectivity index (χ3v) is 2.96. The van der Waals surface area contributed by atoms with E-state index in [4.69, 9.17) is 5.11 Å². The van der Waals surface area contributed by atoms with Gasteiger partial charge in [-0.25, -0.2) is 0 Å². The molecule has 106 valence electrons. The Labute approximate surface area is 113 Å². The lowest BCUT2D eigenvalue weighted by molar-refractivity contribution is -0.139. The molecule has 5 nitrogen and oxygen atoms in total. The molecule has 0 heterocycles. The van der Waals surface area contributed by atoms with E-state index in [1.54, 1.807) is 17.9 Å². The van der Waals surface area contributed by atoms with Crippen molar-refractivity contribution >= 4 is 5.97 Å². The highest BCUT2D eigenvalue weighted by Gasteiger charge is 2.24. The van der Waals surface area contributed by atoms with E-state index >= 15 is 0 Å². The summed E-state index contributed by atoms with van der Waals surface area (Å²) in [6.45, 7) is 6.20. The zero-order valence-corrected chi connectivity index (χ0v) is 11.5. The molecule has 0 bridgehead atoms. The van der Waals surface area contributed by atoms with E-state index in [0.717, 1.165) is 0 Å². The smallest absolute Gasteiger partial charge is 0.317 e. The zero-order valence-electron chi connectivity index (χ0n) is 11.5. The second-order valence-electron chi connectivity index (χ2n) is 5.10. The Balaban J connectivity index is 3.04. The molecule has 5 heteroatoms. The Hall–Kier alpha value is -1.75. The fourth-order valence-corrected chi connectivity index (χ4v) is 2.15. The van der Waals surface area contributed by atoms with Gasteiger partial charge in [0.15, 0.2) is 0 Å². The maximum absolute atomic E-state index is 10.9. The summed E-state index contributed by atoms with van der Waals surface area (Å²) >= 11 is 0. The van der Waals surface area contributed by atoms with Gasteiger partial charge in [-0.2, -0.15) is 0 Å². The van der Waals surface area contributed by atoms with Crippen molar-refractivity contribution in [3.63, 3.8) is 0 Å². The highest BCUT2D eigenvalue weighted by Crippen LogP contribution is 2.35. The first kappa shape index (κ1) is 15.3. The van der Waals surface area contributed by atoms with Gasteiger partial charge >= 0.3 is 5.97 Å². The van der Waals surface area contributed by atoms with Crippen molar-refractivity contribution in [2.24, 2.45) is 5.92 Å². The molecule has 0 aliphatic rings. The average molecular weight is 267 g/mol. The Morgan fingerprint density at radius 1 is 1.21 bits per heavy atom. The van der Waals surface area contributed by atoms with E-state index in [1.165, 1.54) is 12.1 Å². The number of carboxylic acids is 1. The van der Waals surface area contributed by atoms with Crippen LogP contribution in [0.2, 0.25) is 0 Å². The van der Waals surface area contributed by atoms with Gasteiger partial charge in [0.25, 0.3) is 0 Å². The first-order chi connectivity index (χ1) is 8.82. The Morgan fingerprint density at radius 3 is 2.16 bits per heavy atom. The number of aromatic hydroxyl groups is 2. The lowest BCUT2D eigenvalue weighted by Gasteiger charge is -2.30. The van der Waals surface area contributed by atoms with E-state index in [1.807, 2.05) is 13.8 Å². The van der Waals surface area contributed by atoms with Gasteiger partial charge in [0, 0.05) is 12.6 Å². The van der Waals surface area contributed by atoms with Crippen molar-refractivity contribution in [1.82, 2.24) is 4.90 Å². The monoisotopic (exact) mass is 267 g/mol. The lowest BCUT2D eigenvalue weighted by Crippen LogP contribution is -2.35. The minimum absolute atomic E-state index is 0.0216. The zero-order chi connectivity index (χ0) is 14.6. The molecule has 0 aliphatic heterocycles. The standard InChI is InChI=1S/C14H21NO4/c1-9(2)7-15(8-13(18)19)10(3)14-11(16)5-4-6-12(14)17/h4-6,9-10,16-17H,7-8H2,1-3H3,(H,18,19). The van der Waals surface area contributed by atoms with E-state index in [0.29, 0.717) is 12.1 Å². The number of phenols is 2. The summed E-state index contributed by atoms with van der Waals surface area (Å²) in [6.07, 6.45) is 0. The number of carbonyl (C=O) groups is 1. The molecule has 1 rings (SSSR count). The molecule has 0 amide bonds. The van der Waals surface area contributed by atoms with Crippen LogP contribution in [-0.2, 0) is 4.79 Å². The molecule has 1 aromatic carbocycles. The quantitative estimate of drug-likeness (QED) is 0.736. The fourth-order valence-electron chi connectivity index (χ4n) is 2.15. The molecule has 1 unspecified atom stereocenters. The van der Waals surface area contributed by atoms with E-state index < -0.39 is 5.97 Å². The van der Waals surface area contributed by atoms with Gasteiger partial charge in [-0.3, -0.25) is 9.69 Å². The predicted octanol–water partition coefficient (Wildman–Crippen LogP) is 2.20. The summed E-state index contributed by atoms with van der Waals surface area (Å²) < 4.78 is 0. The van der Waals surface area contributed by atoms with Crippen molar-refractivity contribution in [1.29, 1.82) is 0 Å². The van der Waals surface area contributed by atoms with Crippen LogP contribution in [0.4, 0.5) is 0 Å². The molecule has 3 N–H and O–H groups in total. The van der Waals surface area contributed by atoms with Crippen molar-refractivity contribution in [2.45, 2.75) is 26.8 Å². The van der Waals surface area contributed by atoms with Crippen LogP contribution in [-0.4, -0.2) is 39.3 Å². The number of aliphatic carboxylic acids is 1. The summed E-state index contributed by atoms with van der Waals surface area (Å²) in [5, 5.41) is 28.7. The SMILES string of the molecule is CC(C)CN(CC(=O)O)C(C)c1c(O)cccc1O. The molecule has 19 heavy (non-hydrogen) atoms. The van der Waals surface area contributed by atoms with Crippen molar-refractivity contribution in [3.8, 4) is 11.5 Å². The number of carboxylic acid groups (broad SMARTS) is 1. The first-order valence-electron chi connectivity index (χ1n) is 6.29. The van der Waals surface area contributed by atoms with E-state index in [-0.39, 0.29) is 30.0 Å². The highest BCUT2D eigenvalue weighted by molar-refractivity contribution is 5.69. The molecule has 1 atom stereocenters. The molecule has 1 aromatic rings. The van der Waals surface area contributed by atoms with Crippen LogP contribution < -0.4 is 0 Å². The number of nitrogens with zero attached hydrogens (tertiary/aromatic N) is 1. The summed E-state index contributed by atoms with van der Waals surface area (Å²) in [4.78, 5) is 12.7. The summed E-state index contributed by atoms with van der Waals surface area (Å²) in [5.41, 5.74) is 0.365. The molecule has 0 spiro atoms. The first-order valence-corrected chi connectivity index (χ1v) is 6.29. The molecule has 0 aliphatic carbocycles. The average Bonchev–Trinajstić information content (AvgIpc) is 2.26. The lowest BCUT2D eigenvalue weighted by atomic mass is 10.0. The molecule has 0 fully saturated rings. The van der Waals surface area contributed by atoms with Gasteiger partial charge in [0.2, 0.25) is 0 Å². The van der Waals surface area contributed by atoms with Gasteiger partial charge < -0.3 is 15.3 Å². The Bertz CT molecular complexity index is 425. The topological polar surface area (TPSA) is 81.0 Å². The van der Waals surface area contributed by atoms with Gasteiger partial charge in [-0.15, -0.1) is 0 Å². The normalized spacial score (nSPS) is 12.9. The van der Waals surface area contributed by atoms with Crippen LogP contribution in [0.3, 0.4) is 0 Å². The number of rotatable bonds is 6. The molecule has 0 aromatic heterocycles. The van der Waals surface area contributed by atoms with Crippen molar-refractivity contribution in [2.75, 3.05) is 13.1 Å². The maximum atomic E-state index is 10.9. The van der Waals surface area contributed by atoms with Crippen LogP contribution in [0.1, 0.15) is 32.4 Å². The van der Waals surface area contributed by atoms with Gasteiger partial charge in [0.05, 0.1) is 12.1 Å². The van der Waals surface area contributed by atoms with Gasteiger partial charge in [-0.05, 0) is 25.0 Å². The third-order valence-electron chi connectivity index (χ3n) is 2.96. The minimum Gasteiger partial charge on any atom is -0.507 e. The number of phenolic OH excluding ortho intramolecular Hbond substituents is 2. The largest absolute Gasteiger partial charge is 0.507 e. The van der Waals surface area contributed by atoms with Crippen LogP contribution in [0.15, 0.2) is 18.2 Å². The van der Waals surface area contributed by atoms with Crippen LogP contribution in [0.5, 0.6) is 11.5 Å². The van der Waals surface area contributed by atoms with Crippen LogP contribution >= 0.6 is 0 Å². The number of benzene rings is 1. The molecule has 0 radical (unpaired) electrons. The van der Waals surface area contributed by atoms with Crippen molar-refractivity contribution < 1.29 is 20.1 Å². The second-order valence-corrected chi connectivity index (χ2v) is 5.10. The van der Waals surface area contributed by atoms with E-state index in [9.17, 15) is 15.0 Å². The number of hydrogen-bond acceptors (Lipinski definition) is 4. The fraction of sp³-hybridized carbons (Fsp3) is 0.500. The van der Waals surface area contributed by atoms with Crippen LogP contribution in [0, 0.1) is 5.92 Å². The summed E-state index contributed by atoms with van der Waals surface area (Å²) in [5.74, 6) is -0.685. The van der Waals surface area contributed by atoms with Crippen LogP contribution in [0.25, 0.3) is 0 Å². The predicted molar refractivity (Wildman–Crippen MR) is 72.2 cm³/mol. The molecule has 0 saturated heterocycles. The molecular formula is C14H21NO4. The maximum Gasteiger partial charge on any atom is 0.317 e. The van der Waals surface area contributed by atoms with E-state index in [2.05, 4.69) is 0 Å². The summed E-state index contributed by atoms with van der Waals surface area (Å²) in [7, 11) is 0. The molecular weight excluding hydrogens is 246 g/mol. The summed E-state index contributed by atoms with van der Waals surface area (Å²) in [6, 6.07) is 4.14.